The summed E-state index contributed by atoms with van der Waals surface area (Å²) >= 11 is 0. The molecule has 2 unspecified atom stereocenters. The maximum Gasteiger partial charge on any atom is 0.140 e. The average molecular weight is 238 g/mol. The van der Waals surface area contributed by atoms with Gasteiger partial charge >= 0.3 is 0 Å². The first kappa shape index (κ1) is 12.6. The summed E-state index contributed by atoms with van der Waals surface area (Å²) in [6, 6.07) is 0. The Morgan fingerprint density at radius 2 is 2.41 bits per heavy atom. The van der Waals surface area contributed by atoms with Crippen LogP contribution in [-0.2, 0) is 16.9 Å². The van der Waals surface area contributed by atoms with E-state index >= 15 is 0 Å². The van der Waals surface area contributed by atoms with Crippen LogP contribution in [0.2, 0.25) is 0 Å². The van der Waals surface area contributed by atoms with Gasteiger partial charge in [0.2, 0.25) is 0 Å². The van der Waals surface area contributed by atoms with Crippen LogP contribution in [0.5, 0.6) is 0 Å². The zero-order valence-electron chi connectivity index (χ0n) is 10.9. The van der Waals surface area contributed by atoms with E-state index in [4.69, 9.17) is 4.74 Å². The molecule has 2 rings (SSSR count). The summed E-state index contributed by atoms with van der Waals surface area (Å²) in [7, 11) is 0. The molecule has 0 saturated carbocycles. The van der Waals surface area contributed by atoms with Crippen LogP contribution in [0.3, 0.4) is 0 Å². The topological polar surface area (TPSA) is 47.3 Å². The van der Waals surface area contributed by atoms with E-state index in [1.54, 1.807) is 6.20 Å². The molecule has 0 spiro atoms. The van der Waals surface area contributed by atoms with Gasteiger partial charge in [-0.15, -0.1) is 0 Å². The molecule has 2 atom stereocenters. The molecule has 0 aliphatic carbocycles. The molecule has 0 radical (unpaired) electrons. The minimum atomic E-state index is -0.827. The molecule has 4 nitrogen and oxygen atoms in total. The summed E-state index contributed by atoms with van der Waals surface area (Å²) in [5, 5.41) is 10.8. The highest BCUT2D eigenvalue weighted by Crippen LogP contribution is 2.35. The fraction of sp³-hybridized carbons (Fsp3) is 0.769. The van der Waals surface area contributed by atoms with Crippen molar-refractivity contribution in [2.24, 2.45) is 5.92 Å². The predicted octanol–water partition coefficient (Wildman–Crippen LogP) is 1.93. The highest BCUT2D eigenvalue weighted by atomic mass is 16.5. The van der Waals surface area contributed by atoms with Crippen LogP contribution >= 0.6 is 0 Å². The van der Waals surface area contributed by atoms with E-state index in [1.165, 1.54) is 0 Å². The van der Waals surface area contributed by atoms with Gasteiger partial charge < -0.3 is 14.4 Å². The molecule has 0 aromatic carbocycles. The van der Waals surface area contributed by atoms with Crippen molar-refractivity contribution in [3.63, 3.8) is 0 Å². The van der Waals surface area contributed by atoms with E-state index in [9.17, 15) is 5.11 Å². The Kier molecular flexibility index (Phi) is 3.54. The molecule has 1 N–H and O–H groups in total. The number of ether oxygens (including phenoxy) is 1. The molecule has 1 aromatic heterocycles. The van der Waals surface area contributed by atoms with Gasteiger partial charge in [-0.2, -0.15) is 0 Å². The molecule has 1 aliphatic heterocycles. The number of nitrogens with zero attached hydrogens (tertiary/aromatic N) is 2. The van der Waals surface area contributed by atoms with Gasteiger partial charge in [0.05, 0.1) is 12.7 Å². The van der Waals surface area contributed by atoms with E-state index in [-0.39, 0.29) is 6.10 Å². The number of aryl methyl sites for hydroxylation is 1. The Balaban J connectivity index is 2.23. The summed E-state index contributed by atoms with van der Waals surface area (Å²) in [5.74, 6) is 1.21. The lowest BCUT2D eigenvalue weighted by molar-refractivity contribution is -0.126. The van der Waals surface area contributed by atoms with Crippen LogP contribution in [0, 0.1) is 5.92 Å². The first-order valence-corrected chi connectivity index (χ1v) is 6.42. The zero-order chi connectivity index (χ0) is 12.5. The number of rotatable bonds is 3. The van der Waals surface area contributed by atoms with E-state index < -0.39 is 5.60 Å². The molecule has 1 saturated heterocycles. The van der Waals surface area contributed by atoms with E-state index in [2.05, 4.69) is 25.8 Å². The lowest BCUT2D eigenvalue weighted by Crippen LogP contribution is -2.42. The van der Waals surface area contributed by atoms with Crippen LogP contribution in [-0.4, -0.2) is 27.4 Å². The monoisotopic (exact) mass is 238 g/mol. The first-order chi connectivity index (χ1) is 8.07. The molecule has 2 heterocycles. The Labute approximate surface area is 103 Å². The van der Waals surface area contributed by atoms with E-state index in [0.717, 1.165) is 12.4 Å². The second-order valence-electron chi connectivity index (χ2n) is 5.18. The SMILES string of the molecule is CCn1ccnc1C1(O)CCOC(C(C)C)C1. The Bertz CT molecular complexity index is 375. The second kappa shape index (κ2) is 4.78. The van der Waals surface area contributed by atoms with Gasteiger partial charge in [0.25, 0.3) is 0 Å². The van der Waals surface area contributed by atoms with E-state index in [1.807, 2.05) is 10.8 Å². The molecule has 96 valence electrons. The lowest BCUT2D eigenvalue weighted by Gasteiger charge is -2.38. The normalized spacial score (nSPS) is 29.8. The maximum atomic E-state index is 10.8. The average Bonchev–Trinajstić information content (AvgIpc) is 2.77. The van der Waals surface area contributed by atoms with Gasteiger partial charge in [0.1, 0.15) is 11.4 Å². The summed E-state index contributed by atoms with van der Waals surface area (Å²) in [4.78, 5) is 4.33. The number of aromatic nitrogens is 2. The van der Waals surface area contributed by atoms with Gasteiger partial charge in [0, 0.05) is 31.8 Å². The van der Waals surface area contributed by atoms with Crippen molar-refractivity contribution in [3.8, 4) is 0 Å². The van der Waals surface area contributed by atoms with Crippen molar-refractivity contribution in [1.29, 1.82) is 0 Å². The third-order valence-corrected chi connectivity index (χ3v) is 3.60. The summed E-state index contributed by atoms with van der Waals surface area (Å²) in [5.41, 5.74) is -0.827. The van der Waals surface area contributed by atoms with E-state index in [0.29, 0.717) is 25.4 Å². The molecule has 4 heteroatoms. The maximum absolute atomic E-state index is 10.8. The van der Waals surface area contributed by atoms with Crippen molar-refractivity contribution >= 4 is 0 Å². The fourth-order valence-electron chi connectivity index (χ4n) is 2.48. The molecule has 0 bridgehead atoms. The van der Waals surface area contributed by atoms with Gasteiger partial charge in [-0.3, -0.25) is 0 Å². The minimum absolute atomic E-state index is 0.121. The van der Waals surface area contributed by atoms with Gasteiger partial charge in [-0.05, 0) is 12.8 Å². The van der Waals surface area contributed by atoms with Crippen LogP contribution in [0.1, 0.15) is 39.4 Å². The highest BCUT2D eigenvalue weighted by molar-refractivity contribution is 5.07. The fourth-order valence-corrected chi connectivity index (χ4v) is 2.48. The molecular weight excluding hydrogens is 216 g/mol. The number of hydrogen-bond acceptors (Lipinski definition) is 3. The van der Waals surface area contributed by atoms with Crippen molar-refractivity contribution in [3.05, 3.63) is 18.2 Å². The number of aliphatic hydroxyl groups is 1. The predicted molar refractivity (Wildman–Crippen MR) is 65.6 cm³/mol. The molecular formula is C13H22N2O2. The molecule has 1 aromatic rings. The van der Waals surface area contributed by atoms with Crippen LogP contribution in [0.4, 0.5) is 0 Å². The first-order valence-electron chi connectivity index (χ1n) is 6.42. The molecule has 0 amide bonds. The largest absolute Gasteiger partial charge is 0.382 e. The summed E-state index contributed by atoms with van der Waals surface area (Å²) in [6.45, 7) is 7.76. The van der Waals surface area contributed by atoms with Crippen molar-refractivity contribution in [2.75, 3.05) is 6.61 Å². The van der Waals surface area contributed by atoms with Crippen molar-refractivity contribution in [1.82, 2.24) is 9.55 Å². The van der Waals surface area contributed by atoms with Crippen LogP contribution in [0.15, 0.2) is 12.4 Å². The molecule has 17 heavy (non-hydrogen) atoms. The van der Waals surface area contributed by atoms with Crippen LogP contribution in [0.25, 0.3) is 0 Å². The van der Waals surface area contributed by atoms with Gasteiger partial charge in [-0.1, -0.05) is 13.8 Å². The Hall–Kier alpha value is -0.870. The van der Waals surface area contributed by atoms with Gasteiger partial charge in [-0.25, -0.2) is 4.98 Å². The van der Waals surface area contributed by atoms with Crippen LogP contribution < -0.4 is 0 Å². The smallest absolute Gasteiger partial charge is 0.140 e. The number of hydrogen-bond donors (Lipinski definition) is 1. The Morgan fingerprint density at radius 3 is 3.06 bits per heavy atom. The third-order valence-electron chi connectivity index (χ3n) is 3.60. The van der Waals surface area contributed by atoms with Gasteiger partial charge in [0.15, 0.2) is 0 Å². The minimum Gasteiger partial charge on any atom is -0.382 e. The molecule has 1 aliphatic rings. The van der Waals surface area contributed by atoms with Crippen molar-refractivity contribution < 1.29 is 9.84 Å². The highest BCUT2D eigenvalue weighted by Gasteiger charge is 2.40. The van der Waals surface area contributed by atoms with Crippen molar-refractivity contribution in [2.45, 2.75) is 51.9 Å². The molecule has 1 fully saturated rings. The summed E-state index contributed by atoms with van der Waals surface area (Å²) in [6.07, 6.45) is 5.08. The Morgan fingerprint density at radius 1 is 1.65 bits per heavy atom. The lowest BCUT2D eigenvalue weighted by atomic mass is 9.85. The zero-order valence-corrected chi connectivity index (χ0v) is 10.9. The summed E-state index contributed by atoms with van der Waals surface area (Å²) < 4.78 is 7.73. The third kappa shape index (κ3) is 2.38. The number of imidazole rings is 1. The standard InChI is InChI=1S/C13H22N2O2/c1-4-15-7-6-14-12(15)13(16)5-8-17-11(9-13)10(2)3/h6-7,10-11,16H,4-5,8-9H2,1-3H3. The second-order valence-corrected chi connectivity index (χ2v) is 5.18. The quantitative estimate of drug-likeness (QED) is 0.875.